The number of carbonyl (C=O) groups is 1. The topological polar surface area (TPSA) is 61.7 Å². The number of phenolic OH excluding ortho intramolecular Hbond substituents is 1. The maximum absolute atomic E-state index is 11.6. The summed E-state index contributed by atoms with van der Waals surface area (Å²) in [5.41, 5.74) is 4.08. The Morgan fingerprint density at radius 3 is 2.68 bits per heavy atom. The summed E-state index contributed by atoms with van der Waals surface area (Å²) in [6.45, 7) is 1.80. The fourth-order valence-electron chi connectivity index (χ4n) is 1.52. The second kappa shape index (κ2) is 6.15. The third kappa shape index (κ3) is 3.93. The van der Waals surface area contributed by atoms with Gasteiger partial charge in [0.25, 0.3) is 0 Å². The van der Waals surface area contributed by atoms with Crippen LogP contribution in [0.3, 0.4) is 0 Å². The number of nitrogens with zero attached hydrogens (tertiary/aromatic N) is 1. The second-order valence-corrected chi connectivity index (χ2v) is 5.07. The van der Waals surface area contributed by atoms with Crippen molar-refractivity contribution in [1.29, 1.82) is 0 Å². The summed E-state index contributed by atoms with van der Waals surface area (Å²) >= 11 is 1.55. The predicted molar refractivity (Wildman–Crippen MR) is 76.5 cm³/mol. The monoisotopic (exact) mass is 274 g/mol. The van der Waals surface area contributed by atoms with Crippen LogP contribution in [0.4, 0.5) is 0 Å². The average Bonchev–Trinajstić information content (AvgIpc) is 2.89. The van der Waals surface area contributed by atoms with Gasteiger partial charge in [0.05, 0.1) is 12.1 Å². The fourth-order valence-corrected chi connectivity index (χ4v) is 2.23. The number of hydrogen-bond acceptors (Lipinski definition) is 4. The van der Waals surface area contributed by atoms with Crippen molar-refractivity contribution in [2.45, 2.75) is 13.3 Å². The third-order valence-corrected chi connectivity index (χ3v) is 3.42. The number of phenols is 1. The number of hydrogen-bond donors (Lipinski definition) is 2. The van der Waals surface area contributed by atoms with Crippen LogP contribution in [0.1, 0.15) is 17.4 Å². The summed E-state index contributed by atoms with van der Waals surface area (Å²) in [5.74, 6) is 0.0684. The van der Waals surface area contributed by atoms with Gasteiger partial charge in [-0.15, -0.1) is 11.3 Å². The zero-order valence-corrected chi connectivity index (χ0v) is 11.3. The molecule has 0 aliphatic rings. The molecule has 0 spiro atoms. The summed E-state index contributed by atoms with van der Waals surface area (Å²) in [7, 11) is 0. The van der Waals surface area contributed by atoms with Crippen molar-refractivity contribution in [3.63, 3.8) is 0 Å². The number of thiophene rings is 1. The molecule has 0 saturated carbocycles. The highest BCUT2D eigenvalue weighted by Gasteiger charge is 2.03. The van der Waals surface area contributed by atoms with Crippen molar-refractivity contribution < 1.29 is 9.90 Å². The van der Waals surface area contributed by atoms with Crippen molar-refractivity contribution >= 4 is 23.0 Å². The molecule has 2 rings (SSSR count). The Bertz CT molecular complexity index is 574. The normalized spacial score (nSPS) is 11.3. The summed E-state index contributed by atoms with van der Waals surface area (Å²) in [6.07, 6.45) is 0.337. The van der Waals surface area contributed by atoms with E-state index in [0.29, 0.717) is 12.1 Å². The highest BCUT2D eigenvalue weighted by molar-refractivity contribution is 7.10. The molecule has 0 unspecified atom stereocenters. The zero-order valence-electron chi connectivity index (χ0n) is 10.5. The minimum Gasteiger partial charge on any atom is -0.508 e. The van der Waals surface area contributed by atoms with E-state index in [2.05, 4.69) is 10.5 Å². The summed E-state index contributed by atoms with van der Waals surface area (Å²) < 4.78 is 0. The molecule has 0 fully saturated rings. The molecule has 0 aliphatic heterocycles. The van der Waals surface area contributed by atoms with Crippen LogP contribution in [-0.4, -0.2) is 16.7 Å². The van der Waals surface area contributed by atoms with Gasteiger partial charge in [-0.25, -0.2) is 5.43 Å². The number of rotatable bonds is 4. The second-order valence-electron chi connectivity index (χ2n) is 4.04. The molecular formula is C14H14N2O2S. The Labute approximate surface area is 115 Å². The van der Waals surface area contributed by atoms with Crippen LogP contribution in [0.5, 0.6) is 5.75 Å². The molecule has 0 atom stereocenters. The molecule has 1 aromatic carbocycles. The Balaban J connectivity index is 1.94. The Morgan fingerprint density at radius 1 is 1.32 bits per heavy atom. The molecule has 0 saturated heterocycles. The van der Waals surface area contributed by atoms with E-state index in [9.17, 15) is 9.90 Å². The van der Waals surface area contributed by atoms with E-state index in [0.717, 1.165) is 10.4 Å². The number of aromatic hydroxyl groups is 1. The van der Waals surface area contributed by atoms with E-state index in [1.54, 1.807) is 42.5 Å². The van der Waals surface area contributed by atoms with Crippen molar-refractivity contribution in [3.05, 3.63) is 52.2 Å². The van der Waals surface area contributed by atoms with Crippen LogP contribution >= 0.6 is 11.3 Å². The summed E-state index contributed by atoms with van der Waals surface area (Å²) in [5, 5.41) is 15.2. The maximum Gasteiger partial charge on any atom is 0.245 e. The number of amides is 1. The van der Waals surface area contributed by atoms with Crippen LogP contribution in [0, 0.1) is 0 Å². The molecule has 19 heavy (non-hydrogen) atoms. The lowest BCUT2D eigenvalue weighted by molar-refractivity contribution is -0.120. The molecule has 4 nitrogen and oxygen atoms in total. The minimum absolute atomic E-state index is 0.138. The van der Waals surface area contributed by atoms with Crippen molar-refractivity contribution in [2.75, 3.05) is 0 Å². The first-order chi connectivity index (χ1) is 9.15. The fraction of sp³-hybridized carbons (Fsp3) is 0.143. The zero-order chi connectivity index (χ0) is 13.7. The lowest BCUT2D eigenvalue weighted by Gasteiger charge is -2.02. The van der Waals surface area contributed by atoms with Gasteiger partial charge in [0.2, 0.25) is 5.91 Å². The van der Waals surface area contributed by atoms with Gasteiger partial charge < -0.3 is 5.11 Å². The molecule has 2 N–H and O–H groups in total. The van der Waals surface area contributed by atoms with Crippen LogP contribution in [0.25, 0.3) is 0 Å². The molecule has 2 aromatic rings. The van der Waals surface area contributed by atoms with Gasteiger partial charge in [-0.3, -0.25) is 4.79 Å². The Morgan fingerprint density at radius 2 is 2.05 bits per heavy atom. The number of carbonyl (C=O) groups excluding carboxylic acids is 1. The molecule has 1 heterocycles. The van der Waals surface area contributed by atoms with E-state index in [4.69, 9.17) is 0 Å². The largest absolute Gasteiger partial charge is 0.508 e. The van der Waals surface area contributed by atoms with Gasteiger partial charge in [-0.05, 0) is 48.2 Å². The van der Waals surface area contributed by atoms with Gasteiger partial charge in [-0.2, -0.15) is 5.10 Å². The first kappa shape index (κ1) is 13.3. The van der Waals surface area contributed by atoms with Gasteiger partial charge in [0.1, 0.15) is 5.75 Å². The number of nitrogens with one attached hydrogen (secondary N) is 1. The van der Waals surface area contributed by atoms with E-state index < -0.39 is 0 Å². The molecule has 0 bridgehead atoms. The third-order valence-electron chi connectivity index (χ3n) is 2.55. The molecule has 1 amide bonds. The molecular weight excluding hydrogens is 260 g/mol. The first-order valence-electron chi connectivity index (χ1n) is 5.80. The van der Waals surface area contributed by atoms with Crippen LogP contribution < -0.4 is 5.43 Å². The van der Waals surface area contributed by atoms with Crippen molar-refractivity contribution in [1.82, 2.24) is 5.43 Å². The summed E-state index contributed by atoms with van der Waals surface area (Å²) in [6, 6.07) is 10.5. The SMILES string of the molecule is C/C(=N/NC(=O)Cc1cccs1)c1ccc(O)cc1. The van der Waals surface area contributed by atoms with Gasteiger partial charge >= 0.3 is 0 Å². The lowest BCUT2D eigenvalue weighted by Crippen LogP contribution is -2.20. The molecule has 98 valence electrons. The minimum atomic E-state index is -0.138. The van der Waals surface area contributed by atoms with Crippen molar-refractivity contribution in [3.8, 4) is 5.75 Å². The van der Waals surface area contributed by atoms with E-state index in [1.807, 2.05) is 17.5 Å². The summed E-state index contributed by atoms with van der Waals surface area (Å²) in [4.78, 5) is 12.7. The number of hydrazone groups is 1. The lowest BCUT2D eigenvalue weighted by atomic mass is 10.1. The van der Waals surface area contributed by atoms with Gasteiger partial charge in [0, 0.05) is 4.88 Å². The van der Waals surface area contributed by atoms with Gasteiger partial charge in [0.15, 0.2) is 0 Å². The van der Waals surface area contributed by atoms with Gasteiger partial charge in [-0.1, -0.05) is 6.07 Å². The van der Waals surface area contributed by atoms with Crippen LogP contribution in [0.2, 0.25) is 0 Å². The van der Waals surface area contributed by atoms with Crippen LogP contribution in [-0.2, 0) is 11.2 Å². The quantitative estimate of drug-likeness (QED) is 0.665. The van der Waals surface area contributed by atoms with E-state index in [1.165, 1.54) is 0 Å². The van der Waals surface area contributed by atoms with Crippen molar-refractivity contribution in [2.24, 2.45) is 5.10 Å². The Kier molecular flexibility index (Phi) is 4.30. The Hall–Kier alpha value is -2.14. The molecule has 5 heteroatoms. The molecule has 1 aromatic heterocycles. The highest BCUT2D eigenvalue weighted by Crippen LogP contribution is 2.11. The van der Waals surface area contributed by atoms with E-state index >= 15 is 0 Å². The number of benzene rings is 1. The predicted octanol–water partition coefficient (Wildman–Crippen LogP) is 2.54. The maximum atomic E-state index is 11.6. The van der Waals surface area contributed by atoms with Crippen LogP contribution in [0.15, 0.2) is 46.9 Å². The highest BCUT2D eigenvalue weighted by atomic mass is 32.1. The standard InChI is InChI=1S/C14H14N2O2S/c1-10(11-4-6-12(17)7-5-11)15-16-14(18)9-13-3-2-8-19-13/h2-8,17H,9H2,1H3,(H,16,18)/b15-10-. The average molecular weight is 274 g/mol. The smallest absolute Gasteiger partial charge is 0.245 e. The van der Waals surface area contributed by atoms with E-state index in [-0.39, 0.29) is 11.7 Å². The molecule has 0 radical (unpaired) electrons. The molecule has 0 aliphatic carbocycles. The first-order valence-corrected chi connectivity index (χ1v) is 6.68.